The molecule has 0 saturated carbocycles. The lowest BCUT2D eigenvalue weighted by atomic mass is 9.55. The minimum atomic E-state index is -1.16. The predicted molar refractivity (Wildman–Crippen MR) is 145 cm³/mol. The smallest absolute Gasteiger partial charge is 0.330 e. The van der Waals surface area contributed by atoms with E-state index in [1.54, 1.807) is 20.8 Å². The number of hydrogen-bond acceptors (Lipinski definition) is 5. The zero-order valence-corrected chi connectivity index (χ0v) is 22.3. The van der Waals surface area contributed by atoms with E-state index in [0.717, 1.165) is 32.7 Å². The molecule has 198 valence electrons. The number of esters is 1. The van der Waals surface area contributed by atoms with Crippen LogP contribution in [0.5, 0.6) is 0 Å². The zero-order chi connectivity index (χ0) is 27.5. The first-order valence-electron chi connectivity index (χ1n) is 13.5. The van der Waals surface area contributed by atoms with Crippen molar-refractivity contribution < 1.29 is 23.9 Å². The molecule has 1 saturated heterocycles. The number of imide groups is 1. The third kappa shape index (κ3) is 4.01. The van der Waals surface area contributed by atoms with Crippen LogP contribution >= 0.6 is 0 Å². The average Bonchev–Trinajstić information content (AvgIpc) is 3.20. The fourth-order valence-corrected chi connectivity index (χ4v) is 6.57. The van der Waals surface area contributed by atoms with Crippen LogP contribution in [-0.2, 0) is 30.3 Å². The Morgan fingerprint density at radius 3 is 1.62 bits per heavy atom. The van der Waals surface area contributed by atoms with Crippen molar-refractivity contribution in [3.8, 4) is 0 Å². The topological polar surface area (TPSA) is 80.8 Å². The van der Waals surface area contributed by atoms with Crippen molar-refractivity contribution in [1.29, 1.82) is 0 Å². The molecule has 0 spiro atoms. The highest BCUT2D eigenvalue weighted by Gasteiger charge is 2.63. The molecule has 0 unspecified atom stereocenters. The summed E-state index contributed by atoms with van der Waals surface area (Å²) in [5.74, 6) is -3.35. The van der Waals surface area contributed by atoms with Crippen LogP contribution in [0.4, 0.5) is 0 Å². The molecule has 1 heterocycles. The number of amides is 2. The molecule has 4 aliphatic rings. The number of nitrogens with zero attached hydrogens (tertiary/aromatic N) is 1. The maximum Gasteiger partial charge on any atom is 0.330 e. The first kappa shape index (κ1) is 25.2. The largest absolute Gasteiger partial charge is 0.456 e. The SMILES string of the molecule is CC(C)(C)C(=O)COC(=O)[C@@H](Cc1ccccc1)N1C(=O)[C@H]2C3c4ccccc4C(c4ccccc43)[C@@H]2C1=O. The average molecular weight is 522 g/mol. The number of benzene rings is 3. The van der Waals surface area contributed by atoms with Gasteiger partial charge in [-0.15, -0.1) is 0 Å². The Morgan fingerprint density at radius 1 is 0.744 bits per heavy atom. The van der Waals surface area contributed by atoms with Gasteiger partial charge >= 0.3 is 5.97 Å². The van der Waals surface area contributed by atoms with Gasteiger partial charge in [0, 0.05) is 23.7 Å². The number of ketones is 1. The molecule has 0 radical (unpaired) electrons. The second-order valence-corrected chi connectivity index (χ2v) is 11.8. The van der Waals surface area contributed by atoms with Gasteiger partial charge in [-0.25, -0.2) is 4.79 Å². The molecule has 6 heteroatoms. The summed E-state index contributed by atoms with van der Waals surface area (Å²) >= 11 is 0. The lowest BCUT2D eigenvalue weighted by Gasteiger charge is -2.45. The number of Topliss-reactive ketones (excluding diaryl/α,β-unsaturated/α-hetero) is 1. The van der Waals surface area contributed by atoms with Gasteiger partial charge in [-0.2, -0.15) is 0 Å². The number of hydrogen-bond donors (Lipinski definition) is 0. The molecule has 7 rings (SSSR count). The van der Waals surface area contributed by atoms with Gasteiger partial charge in [-0.05, 0) is 27.8 Å². The summed E-state index contributed by atoms with van der Waals surface area (Å²) in [5.41, 5.74) is 4.41. The van der Waals surface area contributed by atoms with Crippen LogP contribution in [0.1, 0.15) is 60.4 Å². The fraction of sp³-hybridized carbons (Fsp3) is 0.333. The monoisotopic (exact) mass is 521 g/mol. The highest BCUT2D eigenvalue weighted by atomic mass is 16.5. The molecule has 3 aromatic carbocycles. The number of carbonyl (C=O) groups is 4. The van der Waals surface area contributed by atoms with Gasteiger partial charge in [0.15, 0.2) is 12.4 Å². The third-order valence-electron chi connectivity index (χ3n) is 8.52. The minimum absolute atomic E-state index is 0.121. The molecular weight excluding hydrogens is 490 g/mol. The van der Waals surface area contributed by atoms with Crippen LogP contribution in [0.2, 0.25) is 0 Å². The van der Waals surface area contributed by atoms with Crippen LogP contribution in [0.3, 0.4) is 0 Å². The summed E-state index contributed by atoms with van der Waals surface area (Å²) in [6.45, 7) is 4.87. The molecule has 2 bridgehead atoms. The molecule has 3 aromatic rings. The predicted octanol–water partition coefficient (Wildman–Crippen LogP) is 4.65. The van der Waals surface area contributed by atoms with E-state index < -0.39 is 35.9 Å². The van der Waals surface area contributed by atoms with Crippen molar-refractivity contribution in [2.24, 2.45) is 17.3 Å². The van der Waals surface area contributed by atoms with Crippen LogP contribution in [0, 0.1) is 17.3 Å². The Hall–Kier alpha value is -4.06. The quantitative estimate of drug-likeness (QED) is 0.349. The lowest BCUT2D eigenvalue weighted by molar-refractivity contribution is -0.161. The van der Waals surface area contributed by atoms with Crippen LogP contribution in [-0.4, -0.2) is 41.1 Å². The van der Waals surface area contributed by atoms with Crippen molar-refractivity contribution in [3.05, 3.63) is 107 Å². The maximum absolute atomic E-state index is 14.2. The molecule has 1 aliphatic heterocycles. The molecule has 39 heavy (non-hydrogen) atoms. The van der Waals surface area contributed by atoms with Gasteiger partial charge in [-0.3, -0.25) is 19.3 Å². The fourth-order valence-electron chi connectivity index (χ4n) is 6.57. The standard InChI is InChI=1S/C33H31NO5/c1-33(2,3)25(35)18-39-32(38)24(17-19-11-5-4-6-12-19)34-30(36)28-26-20-13-7-8-14-21(20)27(29(28)31(34)37)23-16-10-9-15-22(23)26/h4-16,24,26-29H,17-18H2,1-3H3/t24-,26?,27?,28+,29+/m1/s1. The molecule has 3 aliphatic carbocycles. The molecule has 3 atom stereocenters. The number of likely N-dealkylation sites (tertiary alicyclic amines) is 1. The second-order valence-electron chi connectivity index (χ2n) is 11.8. The molecule has 6 nitrogen and oxygen atoms in total. The maximum atomic E-state index is 14.2. The number of carbonyl (C=O) groups excluding carboxylic acids is 4. The van der Waals surface area contributed by atoms with E-state index in [1.807, 2.05) is 78.9 Å². The summed E-state index contributed by atoms with van der Waals surface area (Å²) in [6, 6.07) is 24.2. The Bertz CT molecular complexity index is 1370. The second kappa shape index (κ2) is 9.30. The van der Waals surface area contributed by atoms with E-state index in [0.29, 0.717) is 0 Å². The van der Waals surface area contributed by atoms with Crippen molar-refractivity contribution in [2.45, 2.75) is 45.1 Å². The van der Waals surface area contributed by atoms with Crippen molar-refractivity contribution in [3.63, 3.8) is 0 Å². The van der Waals surface area contributed by atoms with E-state index in [9.17, 15) is 19.2 Å². The van der Waals surface area contributed by atoms with Gasteiger partial charge in [-0.1, -0.05) is 99.6 Å². The van der Waals surface area contributed by atoms with Gasteiger partial charge in [0.25, 0.3) is 0 Å². The Labute approximate surface area is 228 Å². The van der Waals surface area contributed by atoms with Gasteiger partial charge < -0.3 is 4.74 Å². The number of ether oxygens (including phenoxy) is 1. The Kier molecular flexibility index (Phi) is 6.01. The molecule has 0 aromatic heterocycles. The number of rotatable bonds is 6. The summed E-state index contributed by atoms with van der Waals surface area (Å²) in [6.07, 6.45) is 0.121. The summed E-state index contributed by atoms with van der Waals surface area (Å²) in [5, 5.41) is 0. The molecule has 0 N–H and O–H groups in total. The van der Waals surface area contributed by atoms with Crippen molar-refractivity contribution in [2.75, 3.05) is 6.61 Å². The first-order valence-corrected chi connectivity index (χ1v) is 13.5. The highest BCUT2D eigenvalue weighted by Crippen LogP contribution is 2.61. The first-order chi connectivity index (χ1) is 18.7. The Balaban J connectivity index is 1.39. The van der Waals surface area contributed by atoms with Crippen LogP contribution < -0.4 is 0 Å². The normalized spacial score (nSPS) is 23.6. The summed E-state index contributed by atoms with van der Waals surface area (Å²) in [7, 11) is 0. The van der Waals surface area contributed by atoms with Crippen molar-refractivity contribution in [1.82, 2.24) is 4.90 Å². The summed E-state index contributed by atoms with van der Waals surface area (Å²) < 4.78 is 5.49. The molecule has 2 amide bonds. The van der Waals surface area contributed by atoms with E-state index in [4.69, 9.17) is 4.74 Å². The Morgan fingerprint density at radius 2 is 1.18 bits per heavy atom. The highest BCUT2D eigenvalue weighted by molar-refractivity contribution is 6.10. The van der Waals surface area contributed by atoms with E-state index in [2.05, 4.69) is 0 Å². The van der Waals surface area contributed by atoms with E-state index in [-0.39, 0.29) is 35.9 Å². The minimum Gasteiger partial charge on any atom is -0.456 e. The van der Waals surface area contributed by atoms with Gasteiger partial charge in [0.2, 0.25) is 11.8 Å². The third-order valence-corrected chi connectivity index (χ3v) is 8.52. The van der Waals surface area contributed by atoms with Gasteiger partial charge in [0.05, 0.1) is 11.8 Å². The van der Waals surface area contributed by atoms with Crippen molar-refractivity contribution >= 4 is 23.6 Å². The van der Waals surface area contributed by atoms with Crippen LogP contribution in [0.15, 0.2) is 78.9 Å². The van der Waals surface area contributed by atoms with E-state index in [1.165, 1.54) is 0 Å². The summed E-state index contributed by atoms with van der Waals surface area (Å²) in [4.78, 5) is 55.7. The van der Waals surface area contributed by atoms with E-state index >= 15 is 0 Å². The zero-order valence-electron chi connectivity index (χ0n) is 22.3. The van der Waals surface area contributed by atoms with Crippen LogP contribution in [0.25, 0.3) is 0 Å². The lowest BCUT2D eigenvalue weighted by Crippen LogP contribution is -2.48. The molecule has 1 fully saturated rings. The molecular formula is C33H31NO5. The van der Waals surface area contributed by atoms with Gasteiger partial charge in [0.1, 0.15) is 6.04 Å².